The van der Waals surface area contributed by atoms with Crippen molar-refractivity contribution in [3.05, 3.63) is 40.9 Å². The monoisotopic (exact) mass is 334 g/mol. The van der Waals surface area contributed by atoms with Crippen molar-refractivity contribution in [1.29, 1.82) is 0 Å². The van der Waals surface area contributed by atoms with Gasteiger partial charge in [-0.25, -0.2) is 22.0 Å². The lowest BCUT2D eigenvalue weighted by Crippen LogP contribution is -2.35. The van der Waals surface area contributed by atoms with Gasteiger partial charge >= 0.3 is 0 Å². The molecule has 0 bridgehead atoms. The Morgan fingerprint density at radius 1 is 0.913 bits per heavy atom. The molecule has 2 aromatic rings. The molecule has 23 heavy (non-hydrogen) atoms. The van der Waals surface area contributed by atoms with Crippen LogP contribution in [0.3, 0.4) is 0 Å². The van der Waals surface area contributed by atoms with Crippen LogP contribution in [0.15, 0.2) is 10.6 Å². The normalized spacial score (nSPS) is 16.0. The largest absolute Gasteiger partial charge is 0.379 e. The summed E-state index contributed by atoms with van der Waals surface area (Å²) in [6, 6.07) is 1.16. The molecule has 1 saturated heterocycles. The molecule has 4 nitrogen and oxygen atoms in total. The molecule has 1 aliphatic heterocycles. The maximum absolute atomic E-state index is 13.7. The summed E-state index contributed by atoms with van der Waals surface area (Å²) in [5.74, 6) is -9.86. The molecule has 0 aliphatic carbocycles. The van der Waals surface area contributed by atoms with Crippen molar-refractivity contribution in [3.63, 3.8) is 0 Å². The SMILES string of the molecule is Fc1c(F)c(F)c(-c2cc(CN3CCOCC3)on2)c(F)c1F. The first-order chi connectivity index (χ1) is 11.0. The number of benzene rings is 1. The number of hydrogen-bond donors (Lipinski definition) is 0. The molecule has 0 saturated carbocycles. The van der Waals surface area contributed by atoms with E-state index in [9.17, 15) is 22.0 Å². The van der Waals surface area contributed by atoms with Crippen LogP contribution < -0.4 is 0 Å². The van der Waals surface area contributed by atoms with Crippen molar-refractivity contribution in [3.8, 4) is 11.3 Å². The average molecular weight is 334 g/mol. The van der Waals surface area contributed by atoms with Gasteiger partial charge in [0.2, 0.25) is 5.82 Å². The summed E-state index contributed by atoms with van der Waals surface area (Å²) in [6.45, 7) is 2.65. The highest BCUT2D eigenvalue weighted by Crippen LogP contribution is 2.31. The summed E-state index contributed by atoms with van der Waals surface area (Å²) in [5, 5.41) is 3.42. The Labute approximate surface area is 127 Å². The Bertz CT molecular complexity index is 699. The molecule has 0 spiro atoms. The molecule has 1 aliphatic rings. The molecule has 9 heteroatoms. The fourth-order valence-corrected chi connectivity index (χ4v) is 2.31. The van der Waals surface area contributed by atoms with Crippen LogP contribution in [-0.2, 0) is 11.3 Å². The van der Waals surface area contributed by atoms with Gasteiger partial charge in [0.05, 0.1) is 25.3 Å². The van der Waals surface area contributed by atoms with Crippen molar-refractivity contribution in [1.82, 2.24) is 10.1 Å². The van der Waals surface area contributed by atoms with Crippen LogP contribution in [0.4, 0.5) is 22.0 Å². The van der Waals surface area contributed by atoms with E-state index in [0.717, 1.165) is 6.07 Å². The van der Waals surface area contributed by atoms with Crippen LogP contribution in [0.5, 0.6) is 0 Å². The van der Waals surface area contributed by atoms with Gasteiger partial charge in [-0.05, 0) is 0 Å². The van der Waals surface area contributed by atoms with Crippen LogP contribution >= 0.6 is 0 Å². The van der Waals surface area contributed by atoms with Gasteiger partial charge in [0.15, 0.2) is 29.0 Å². The van der Waals surface area contributed by atoms with E-state index in [2.05, 4.69) is 5.16 Å². The molecule has 0 amide bonds. The van der Waals surface area contributed by atoms with Crippen molar-refractivity contribution >= 4 is 0 Å². The zero-order valence-corrected chi connectivity index (χ0v) is 11.7. The maximum Gasteiger partial charge on any atom is 0.200 e. The van der Waals surface area contributed by atoms with Crippen LogP contribution in [0.2, 0.25) is 0 Å². The number of morpholine rings is 1. The Kier molecular flexibility index (Phi) is 4.31. The molecule has 2 heterocycles. The van der Waals surface area contributed by atoms with Crippen LogP contribution in [0, 0.1) is 29.1 Å². The molecule has 124 valence electrons. The number of hydrogen-bond acceptors (Lipinski definition) is 4. The Hall–Kier alpha value is -2.00. The molecule has 1 aromatic heterocycles. The summed E-state index contributed by atoms with van der Waals surface area (Å²) in [7, 11) is 0. The molecular weight excluding hydrogens is 323 g/mol. The van der Waals surface area contributed by atoms with Gasteiger partial charge in [-0.1, -0.05) is 5.16 Å². The Balaban J connectivity index is 1.91. The van der Waals surface area contributed by atoms with Gasteiger partial charge in [0, 0.05) is 19.2 Å². The smallest absolute Gasteiger partial charge is 0.200 e. The van der Waals surface area contributed by atoms with Crippen molar-refractivity contribution in [2.75, 3.05) is 26.3 Å². The minimum atomic E-state index is -2.21. The van der Waals surface area contributed by atoms with E-state index in [4.69, 9.17) is 9.26 Å². The van der Waals surface area contributed by atoms with Crippen molar-refractivity contribution in [2.24, 2.45) is 0 Å². The molecule has 0 radical (unpaired) electrons. The molecule has 0 atom stereocenters. The highest BCUT2D eigenvalue weighted by Gasteiger charge is 2.28. The number of nitrogens with zero attached hydrogens (tertiary/aromatic N) is 2. The predicted molar refractivity (Wildman–Crippen MR) is 67.8 cm³/mol. The van der Waals surface area contributed by atoms with Crippen molar-refractivity contribution in [2.45, 2.75) is 6.54 Å². The second-order valence-corrected chi connectivity index (χ2v) is 5.01. The zero-order chi connectivity index (χ0) is 16.6. The highest BCUT2D eigenvalue weighted by atomic mass is 19.2. The first kappa shape index (κ1) is 15.9. The molecule has 3 rings (SSSR count). The van der Waals surface area contributed by atoms with E-state index in [1.54, 1.807) is 0 Å². The highest BCUT2D eigenvalue weighted by molar-refractivity contribution is 5.61. The lowest BCUT2D eigenvalue weighted by Gasteiger charge is -2.25. The van der Waals surface area contributed by atoms with E-state index in [1.807, 2.05) is 4.90 Å². The second kappa shape index (κ2) is 6.25. The summed E-state index contributed by atoms with van der Waals surface area (Å²) in [6.07, 6.45) is 0. The van der Waals surface area contributed by atoms with Gasteiger partial charge in [-0.15, -0.1) is 0 Å². The second-order valence-electron chi connectivity index (χ2n) is 5.01. The average Bonchev–Trinajstić information content (AvgIpc) is 3.00. The van der Waals surface area contributed by atoms with Crippen molar-refractivity contribution < 1.29 is 31.2 Å². The van der Waals surface area contributed by atoms with Gasteiger partial charge in [-0.3, -0.25) is 4.90 Å². The fourth-order valence-electron chi connectivity index (χ4n) is 2.31. The maximum atomic E-state index is 13.7. The summed E-state index contributed by atoms with van der Waals surface area (Å²) >= 11 is 0. The number of halogens is 5. The first-order valence-corrected chi connectivity index (χ1v) is 6.76. The first-order valence-electron chi connectivity index (χ1n) is 6.76. The third kappa shape index (κ3) is 2.93. The summed E-state index contributed by atoms with van der Waals surface area (Å²) in [5.41, 5.74) is -1.54. The van der Waals surface area contributed by atoms with E-state index < -0.39 is 40.3 Å². The minimum absolute atomic E-state index is 0.255. The molecule has 1 fully saturated rings. The zero-order valence-electron chi connectivity index (χ0n) is 11.7. The number of rotatable bonds is 3. The van der Waals surface area contributed by atoms with Gasteiger partial charge in [0.1, 0.15) is 5.69 Å². The molecule has 0 N–H and O–H groups in total. The third-order valence-corrected chi connectivity index (χ3v) is 3.51. The molecule has 1 aromatic carbocycles. The van der Waals surface area contributed by atoms with E-state index in [0.29, 0.717) is 32.8 Å². The minimum Gasteiger partial charge on any atom is -0.379 e. The van der Waals surface area contributed by atoms with E-state index >= 15 is 0 Å². The van der Waals surface area contributed by atoms with Crippen LogP contribution in [0.1, 0.15) is 5.76 Å². The lowest BCUT2D eigenvalue weighted by atomic mass is 10.1. The van der Waals surface area contributed by atoms with E-state index in [-0.39, 0.29) is 5.76 Å². The van der Waals surface area contributed by atoms with Gasteiger partial charge in [0.25, 0.3) is 0 Å². The Morgan fingerprint density at radius 2 is 1.48 bits per heavy atom. The van der Waals surface area contributed by atoms with Crippen LogP contribution in [-0.4, -0.2) is 36.4 Å². The standard InChI is InChI=1S/C14H11F5N2O2/c15-10-9(11(16)13(18)14(19)12(10)17)8-5-7(23-20-8)6-21-1-3-22-4-2-21/h5H,1-4,6H2. The van der Waals surface area contributed by atoms with E-state index in [1.165, 1.54) is 0 Å². The van der Waals surface area contributed by atoms with Gasteiger partial charge < -0.3 is 9.26 Å². The molecule has 0 unspecified atom stereocenters. The van der Waals surface area contributed by atoms with Crippen LogP contribution in [0.25, 0.3) is 11.3 Å². The molecular formula is C14H11F5N2O2. The summed E-state index contributed by atoms with van der Waals surface area (Å²) < 4.78 is 77.1. The number of ether oxygens (including phenoxy) is 1. The Morgan fingerprint density at radius 3 is 2.09 bits per heavy atom. The quantitative estimate of drug-likeness (QED) is 0.492. The van der Waals surface area contributed by atoms with Gasteiger partial charge in [-0.2, -0.15) is 0 Å². The third-order valence-electron chi connectivity index (χ3n) is 3.51. The predicted octanol–water partition coefficient (Wildman–Crippen LogP) is 2.87. The number of aromatic nitrogens is 1. The summed E-state index contributed by atoms with van der Waals surface area (Å²) in [4.78, 5) is 1.95. The lowest BCUT2D eigenvalue weighted by molar-refractivity contribution is 0.0305. The topological polar surface area (TPSA) is 38.5 Å². The fraction of sp³-hybridized carbons (Fsp3) is 0.357.